The molecule has 1 amide bonds. The Bertz CT molecular complexity index is 1590. The number of halogens is 1. The molecule has 2 aromatic carbocycles. The number of benzene rings is 2. The normalized spacial score (nSPS) is 16.0. The van der Waals surface area contributed by atoms with Crippen LogP contribution in [0.3, 0.4) is 0 Å². The fourth-order valence-electron chi connectivity index (χ4n) is 6.81. The van der Waals surface area contributed by atoms with Gasteiger partial charge in [0.05, 0.1) is 18.5 Å². The highest BCUT2D eigenvalue weighted by Crippen LogP contribution is 2.48. The van der Waals surface area contributed by atoms with Crippen LogP contribution in [0.1, 0.15) is 66.5 Å². The van der Waals surface area contributed by atoms with Gasteiger partial charge >= 0.3 is 0 Å². The van der Waals surface area contributed by atoms with Gasteiger partial charge in [-0.25, -0.2) is 14.4 Å². The highest BCUT2D eigenvalue weighted by Gasteiger charge is 2.44. The summed E-state index contributed by atoms with van der Waals surface area (Å²) in [6.07, 6.45) is 4.99. The smallest absolute Gasteiger partial charge is 0.230 e. The molecule has 1 aliphatic rings. The van der Waals surface area contributed by atoms with Crippen molar-refractivity contribution in [3.8, 4) is 5.75 Å². The molecular weight excluding hydrogens is 569 g/mol. The Morgan fingerprint density at radius 3 is 2.62 bits per heavy atom. The first-order valence-corrected chi connectivity index (χ1v) is 15.7. The van der Waals surface area contributed by atoms with E-state index in [4.69, 9.17) is 4.74 Å². The lowest BCUT2D eigenvalue weighted by atomic mass is 9.63. The van der Waals surface area contributed by atoms with E-state index in [1.54, 1.807) is 24.1 Å². The van der Waals surface area contributed by atoms with E-state index in [-0.39, 0.29) is 23.2 Å². The fraction of sp³-hybridized carbons (Fsp3) is 0.457. The maximum Gasteiger partial charge on any atom is 0.230 e. The van der Waals surface area contributed by atoms with Crippen molar-refractivity contribution in [2.24, 2.45) is 10.8 Å². The number of hydrogen-bond acceptors (Lipinski definition) is 7. The van der Waals surface area contributed by atoms with Gasteiger partial charge in [-0.2, -0.15) is 5.10 Å². The van der Waals surface area contributed by atoms with E-state index < -0.39 is 5.82 Å². The van der Waals surface area contributed by atoms with Crippen molar-refractivity contribution in [2.45, 2.75) is 73.3 Å². The number of ether oxygens (including phenoxy) is 1. The number of fused-ring (bicyclic) bond motifs is 1. The van der Waals surface area contributed by atoms with E-state index in [1.165, 1.54) is 31.3 Å². The number of rotatable bonds is 11. The minimum Gasteiger partial charge on any atom is -0.493 e. The molecule has 0 unspecified atom stereocenters. The zero-order valence-electron chi connectivity index (χ0n) is 27.2. The predicted molar refractivity (Wildman–Crippen MR) is 177 cm³/mol. The summed E-state index contributed by atoms with van der Waals surface area (Å²) in [5.74, 6) is 2.83. The molecule has 0 spiro atoms. The van der Waals surface area contributed by atoms with Crippen LogP contribution in [0.4, 0.5) is 21.7 Å². The van der Waals surface area contributed by atoms with Crippen LogP contribution in [0.2, 0.25) is 0 Å². The molecule has 1 saturated heterocycles. The van der Waals surface area contributed by atoms with E-state index in [0.29, 0.717) is 35.7 Å². The number of likely N-dealkylation sites (tertiary alicyclic amines) is 1. The van der Waals surface area contributed by atoms with Gasteiger partial charge < -0.3 is 15.4 Å². The van der Waals surface area contributed by atoms with Crippen molar-refractivity contribution in [2.75, 3.05) is 30.3 Å². The second-order valence-corrected chi connectivity index (χ2v) is 13.8. The number of hydrogen-bond donors (Lipinski definition) is 3. The summed E-state index contributed by atoms with van der Waals surface area (Å²) in [5.41, 5.74) is 2.10. The molecule has 3 N–H and O–H groups in total. The standard InChI is InChI=1S/C35H45FN7O2/c1-34(2,3)32(35(4,5)6)29-12-8-15-43(29)16-9-17-45-26-13-14-27-28(21-26)37-22-38-33(27)40-30-19-25(41-42-30)20-31(44)39-24-11-7-10-23(36)18-24/h7,10-11,13-14,18-19,21-22,29H,8-9,12,15-17,20H2,1-6H3,(H,39,44)(H2,37,38,40,41,42)/t29-/m0/s1. The van der Waals surface area contributed by atoms with E-state index in [2.05, 4.69) is 77.2 Å². The van der Waals surface area contributed by atoms with E-state index in [9.17, 15) is 9.18 Å². The third kappa shape index (κ3) is 8.36. The molecule has 10 heteroatoms. The Kier molecular flexibility index (Phi) is 9.72. The molecule has 5 rings (SSSR count). The quantitative estimate of drug-likeness (QED) is 0.152. The Labute approximate surface area is 265 Å². The van der Waals surface area contributed by atoms with Gasteiger partial charge in [0.1, 0.15) is 23.7 Å². The Morgan fingerprint density at radius 1 is 1.07 bits per heavy atom. The molecule has 239 valence electrons. The molecule has 0 bridgehead atoms. The first-order chi connectivity index (χ1) is 21.4. The second kappa shape index (κ2) is 13.5. The van der Waals surface area contributed by atoms with E-state index in [1.807, 2.05) is 18.2 Å². The first kappa shape index (κ1) is 32.3. The summed E-state index contributed by atoms with van der Waals surface area (Å²) >= 11 is 0. The minimum atomic E-state index is -0.410. The summed E-state index contributed by atoms with van der Waals surface area (Å²) in [6, 6.07) is 13.9. The summed E-state index contributed by atoms with van der Waals surface area (Å²) in [4.78, 5) is 23.9. The molecule has 4 aromatic rings. The van der Waals surface area contributed by atoms with Gasteiger partial charge in [0.15, 0.2) is 5.82 Å². The summed E-state index contributed by atoms with van der Waals surface area (Å²) < 4.78 is 19.6. The summed E-state index contributed by atoms with van der Waals surface area (Å²) in [7, 11) is 0. The van der Waals surface area contributed by atoms with Crippen LogP contribution in [0, 0.1) is 22.6 Å². The topological polar surface area (TPSA) is 108 Å². The van der Waals surface area contributed by atoms with E-state index >= 15 is 0 Å². The number of aromatic amines is 1. The summed E-state index contributed by atoms with van der Waals surface area (Å²) in [6.45, 7) is 16.9. The second-order valence-electron chi connectivity index (χ2n) is 13.8. The average molecular weight is 615 g/mol. The van der Waals surface area contributed by atoms with Crippen molar-refractivity contribution in [3.05, 3.63) is 72.3 Å². The Balaban J connectivity index is 1.15. The number of amides is 1. The van der Waals surface area contributed by atoms with Crippen molar-refractivity contribution < 1.29 is 13.9 Å². The zero-order chi connectivity index (χ0) is 32.2. The molecule has 1 fully saturated rings. The van der Waals surface area contributed by atoms with Gasteiger partial charge in [-0.15, -0.1) is 0 Å². The number of carbonyl (C=O) groups is 1. The highest BCUT2D eigenvalue weighted by molar-refractivity contribution is 5.93. The van der Waals surface area contributed by atoms with Gasteiger partial charge in [-0.3, -0.25) is 14.8 Å². The molecule has 1 radical (unpaired) electrons. The zero-order valence-corrected chi connectivity index (χ0v) is 27.2. The molecule has 1 aliphatic heterocycles. The lowest BCUT2D eigenvalue weighted by Crippen LogP contribution is -2.46. The van der Waals surface area contributed by atoms with Crippen molar-refractivity contribution in [1.82, 2.24) is 25.1 Å². The van der Waals surface area contributed by atoms with Crippen LogP contribution in [0.15, 0.2) is 54.9 Å². The first-order valence-electron chi connectivity index (χ1n) is 15.7. The van der Waals surface area contributed by atoms with Crippen LogP contribution in [0.25, 0.3) is 10.9 Å². The largest absolute Gasteiger partial charge is 0.493 e. The Hall–Kier alpha value is -4.05. The van der Waals surface area contributed by atoms with Crippen molar-refractivity contribution in [3.63, 3.8) is 0 Å². The van der Waals surface area contributed by atoms with E-state index in [0.717, 1.165) is 36.2 Å². The van der Waals surface area contributed by atoms with Crippen LogP contribution < -0.4 is 15.4 Å². The molecule has 0 saturated carbocycles. The molecule has 2 aromatic heterocycles. The number of anilines is 3. The molecule has 9 nitrogen and oxygen atoms in total. The molecule has 0 aliphatic carbocycles. The maximum atomic E-state index is 13.4. The number of aromatic nitrogens is 4. The van der Waals surface area contributed by atoms with Gasteiger partial charge in [-0.1, -0.05) is 47.6 Å². The van der Waals surface area contributed by atoms with Gasteiger partial charge in [-0.05, 0) is 67.0 Å². The fourth-order valence-corrected chi connectivity index (χ4v) is 6.81. The maximum absolute atomic E-state index is 13.4. The monoisotopic (exact) mass is 614 g/mol. The van der Waals surface area contributed by atoms with Crippen molar-refractivity contribution >= 4 is 34.1 Å². The third-order valence-electron chi connectivity index (χ3n) is 8.12. The van der Waals surface area contributed by atoms with Crippen LogP contribution in [-0.2, 0) is 11.2 Å². The predicted octanol–water partition coefficient (Wildman–Crippen LogP) is 7.32. The van der Waals surface area contributed by atoms with Crippen molar-refractivity contribution in [1.29, 1.82) is 0 Å². The molecular formula is C35H45FN7O2. The molecule has 3 heterocycles. The number of H-pyrrole nitrogens is 1. The van der Waals surface area contributed by atoms with Gasteiger partial charge in [0, 0.05) is 47.4 Å². The SMILES string of the molecule is CC(C)(C)[C]([C@@H]1CCCN1CCCOc1ccc2c(Nc3cc(CC(=O)Nc4cccc(F)c4)[nH]n3)ncnc2c1)C(C)(C)C. The van der Waals surface area contributed by atoms with Crippen LogP contribution in [0.5, 0.6) is 5.75 Å². The van der Waals surface area contributed by atoms with Crippen LogP contribution >= 0.6 is 0 Å². The number of carbonyl (C=O) groups excluding carboxylic acids is 1. The number of nitrogens with one attached hydrogen (secondary N) is 3. The number of nitrogens with zero attached hydrogens (tertiary/aromatic N) is 4. The van der Waals surface area contributed by atoms with Gasteiger partial charge in [0.25, 0.3) is 0 Å². The third-order valence-corrected chi connectivity index (χ3v) is 8.12. The lowest BCUT2D eigenvalue weighted by molar-refractivity contribution is -0.115. The van der Waals surface area contributed by atoms with Gasteiger partial charge in [0.2, 0.25) is 5.91 Å². The van der Waals surface area contributed by atoms with Crippen LogP contribution in [-0.4, -0.2) is 56.7 Å². The lowest BCUT2D eigenvalue weighted by Gasteiger charge is -2.46. The summed E-state index contributed by atoms with van der Waals surface area (Å²) in [5, 5.41) is 13.9. The molecule has 45 heavy (non-hydrogen) atoms. The minimum absolute atomic E-state index is 0.0570. The Morgan fingerprint density at radius 2 is 1.87 bits per heavy atom. The molecule has 1 atom stereocenters. The average Bonchev–Trinajstić information content (AvgIpc) is 3.58. The highest BCUT2D eigenvalue weighted by atomic mass is 19.1.